The van der Waals surface area contributed by atoms with Crippen LogP contribution >= 0.6 is 11.8 Å². The van der Waals surface area contributed by atoms with Crippen LogP contribution in [0.15, 0.2) is 46.2 Å². The van der Waals surface area contributed by atoms with Crippen molar-refractivity contribution in [2.45, 2.75) is 44.6 Å². The summed E-state index contributed by atoms with van der Waals surface area (Å²) in [6, 6.07) is 8.70. The van der Waals surface area contributed by atoms with Gasteiger partial charge in [-0.1, -0.05) is 11.8 Å². The molecule has 0 unspecified atom stereocenters. The van der Waals surface area contributed by atoms with Gasteiger partial charge in [0.1, 0.15) is 5.76 Å². The van der Waals surface area contributed by atoms with Crippen LogP contribution in [0, 0.1) is 6.92 Å². The number of aromatic nitrogens is 3. The Morgan fingerprint density at radius 3 is 2.50 bits per heavy atom. The molecule has 3 aromatic rings. The van der Waals surface area contributed by atoms with E-state index in [1.807, 2.05) is 31.4 Å². The molecule has 7 nitrogen and oxygen atoms in total. The molecule has 8 heteroatoms. The summed E-state index contributed by atoms with van der Waals surface area (Å²) < 4.78 is 7.33. The third kappa shape index (κ3) is 4.17. The molecule has 2 heterocycles. The topological polar surface area (TPSA) is 90.0 Å². The molecule has 0 aliphatic carbocycles. The highest BCUT2D eigenvalue weighted by molar-refractivity contribution is 8.00. The first kappa shape index (κ1) is 19.9. The van der Waals surface area contributed by atoms with Gasteiger partial charge in [-0.2, -0.15) is 0 Å². The number of aryl methyl sites for hydroxylation is 1. The number of furan rings is 1. The number of ketones is 1. The van der Waals surface area contributed by atoms with Gasteiger partial charge in [0.15, 0.2) is 16.8 Å². The number of thioether (sulfide) groups is 1. The van der Waals surface area contributed by atoms with Crippen LogP contribution in [0.4, 0.5) is 5.69 Å². The first-order valence-corrected chi connectivity index (χ1v) is 9.84. The fourth-order valence-corrected chi connectivity index (χ4v) is 3.63. The van der Waals surface area contributed by atoms with E-state index in [0.717, 1.165) is 17.1 Å². The van der Waals surface area contributed by atoms with Gasteiger partial charge in [-0.25, -0.2) is 0 Å². The highest BCUT2D eigenvalue weighted by Crippen LogP contribution is 2.29. The smallest absolute Gasteiger partial charge is 0.237 e. The maximum atomic E-state index is 12.6. The van der Waals surface area contributed by atoms with Gasteiger partial charge in [0, 0.05) is 17.8 Å². The quantitative estimate of drug-likeness (QED) is 0.474. The van der Waals surface area contributed by atoms with E-state index < -0.39 is 0 Å². The minimum atomic E-state index is -0.375. The number of carbonyl (C=O) groups is 2. The largest absolute Gasteiger partial charge is 0.469 e. The van der Waals surface area contributed by atoms with E-state index in [-0.39, 0.29) is 16.9 Å². The lowest BCUT2D eigenvalue weighted by molar-refractivity contribution is -0.115. The summed E-state index contributed by atoms with van der Waals surface area (Å²) in [6.07, 6.45) is 1.62. The second-order valence-electron chi connectivity index (χ2n) is 6.32. The number of rotatable bonds is 7. The molecule has 1 aromatic carbocycles. The van der Waals surface area contributed by atoms with Crippen LogP contribution < -0.4 is 5.32 Å². The molecule has 0 aliphatic heterocycles. The second-order valence-corrected chi connectivity index (χ2v) is 7.63. The maximum Gasteiger partial charge on any atom is 0.237 e. The monoisotopic (exact) mass is 398 g/mol. The SMILES string of the molecule is CCn1c(S[C@H](C)C(=O)Nc2ccc(C(C)=O)cc2)nnc1-c1ccoc1C. The number of carbonyl (C=O) groups excluding carboxylic acids is 2. The van der Waals surface area contributed by atoms with Crippen LogP contribution in [0.1, 0.15) is 36.9 Å². The summed E-state index contributed by atoms with van der Waals surface area (Å²) in [7, 11) is 0. The van der Waals surface area contributed by atoms with Crippen molar-refractivity contribution in [2.75, 3.05) is 5.32 Å². The molecule has 0 radical (unpaired) electrons. The Morgan fingerprint density at radius 1 is 1.21 bits per heavy atom. The van der Waals surface area contributed by atoms with E-state index in [4.69, 9.17) is 4.42 Å². The molecule has 0 saturated carbocycles. The van der Waals surface area contributed by atoms with E-state index in [9.17, 15) is 9.59 Å². The van der Waals surface area contributed by atoms with E-state index in [2.05, 4.69) is 15.5 Å². The Morgan fingerprint density at radius 2 is 1.93 bits per heavy atom. The number of nitrogens with one attached hydrogen (secondary N) is 1. The van der Waals surface area contributed by atoms with Crippen molar-refractivity contribution in [2.24, 2.45) is 0 Å². The van der Waals surface area contributed by atoms with Crippen LogP contribution in [0.3, 0.4) is 0 Å². The van der Waals surface area contributed by atoms with Crippen molar-refractivity contribution in [3.63, 3.8) is 0 Å². The van der Waals surface area contributed by atoms with Gasteiger partial charge >= 0.3 is 0 Å². The first-order valence-electron chi connectivity index (χ1n) is 8.97. The number of Topliss-reactive ketones (excluding diaryl/α,β-unsaturated/α-hetero) is 1. The Labute approximate surface area is 167 Å². The van der Waals surface area contributed by atoms with Gasteiger partial charge < -0.3 is 14.3 Å². The normalized spacial score (nSPS) is 12.0. The van der Waals surface area contributed by atoms with Crippen molar-refractivity contribution < 1.29 is 14.0 Å². The predicted molar refractivity (Wildman–Crippen MR) is 109 cm³/mol. The highest BCUT2D eigenvalue weighted by atomic mass is 32.2. The third-order valence-corrected chi connectivity index (χ3v) is 5.42. The van der Waals surface area contributed by atoms with Gasteiger partial charge in [-0.15, -0.1) is 10.2 Å². The number of nitrogens with zero attached hydrogens (tertiary/aromatic N) is 3. The molecule has 3 rings (SSSR count). The molecule has 0 fully saturated rings. The minimum absolute atomic E-state index is 0.00985. The molecule has 28 heavy (non-hydrogen) atoms. The number of amides is 1. The second kappa shape index (κ2) is 8.43. The Balaban J connectivity index is 1.71. The van der Waals surface area contributed by atoms with Gasteiger partial charge in [0.2, 0.25) is 5.91 Å². The lowest BCUT2D eigenvalue weighted by Gasteiger charge is -2.13. The van der Waals surface area contributed by atoms with Gasteiger partial charge in [0.05, 0.1) is 17.1 Å². The van der Waals surface area contributed by atoms with Gasteiger partial charge in [0.25, 0.3) is 0 Å². The van der Waals surface area contributed by atoms with Crippen LogP contribution in [-0.2, 0) is 11.3 Å². The first-order chi connectivity index (χ1) is 13.4. The van der Waals surface area contributed by atoms with Crippen LogP contribution in [-0.4, -0.2) is 31.7 Å². The maximum absolute atomic E-state index is 12.6. The van der Waals surface area contributed by atoms with Crippen LogP contribution in [0.25, 0.3) is 11.4 Å². The van der Waals surface area contributed by atoms with Gasteiger partial charge in [-0.3, -0.25) is 9.59 Å². The molecule has 146 valence electrons. The van der Waals surface area contributed by atoms with E-state index in [1.165, 1.54) is 18.7 Å². The molecule has 0 spiro atoms. The fourth-order valence-electron chi connectivity index (χ4n) is 2.72. The number of anilines is 1. The standard InChI is InChI=1S/C20H22N4O3S/c1-5-24-18(17-10-11-27-13(17)3)22-23-20(24)28-14(4)19(26)21-16-8-6-15(7-9-16)12(2)25/h6-11,14H,5H2,1-4H3,(H,21,26)/t14-/m1/s1. The number of hydrogen-bond acceptors (Lipinski definition) is 6. The van der Waals surface area contributed by atoms with Crippen molar-refractivity contribution in [3.05, 3.63) is 47.9 Å². The Kier molecular flexibility index (Phi) is 5.99. The van der Waals surface area contributed by atoms with Crippen LogP contribution in [0.2, 0.25) is 0 Å². The molecule has 0 bridgehead atoms. The molecule has 2 aromatic heterocycles. The fraction of sp³-hybridized carbons (Fsp3) is 0.300. The summed E-state index contributed by atoms with van der Waals surface area (Å²) >= 11 is 1.35. The lowest BCUT2D eigenvalue weighted by atomic mass is 10.1. The van der Waals surface area contributed by atoms with Gasteiger partial charge in [-0.05, 0) is 58.0 Å². The zero-order valence-electron chi connectivity index (χ0n) is 16.2. The van der Waals surface area contributed by atoms with Crippen molar-refractivity contribution in [3.8, 4) is 11.4 Å². The van der Waals surface area contributed by atoms with Crippen molar-refractivity contribution >= 4 is 29.1 Å². The number of hydrogen-bond donors (Lipinski definition) is 1. The zero-order chi connectivity index (χ0) is 20.3. The van der Waals surface area contributed by atoms with E-state index in [1.54, 1.807) is 30.5 Å². The van der Waals surface area contributed by atoms with E-state index in [0.29, 0.717) is 23.0 Å². The summed E-state index contributed by atoms with van der Waals surface area (Å²) in [5.74, 6) is 1.35. The summed E-state index contributed by atoms with van der Waals surface area (Å²) in [5, 5.41) is 11.7. The van der Waals surface area contributed by atoms with E-state index >= 15 is 0 Å². The molecule has 1 atom stereocenters. The molecular weight excluding hydrogens is 376 g/mol. The average Bonchev–Trinajstić information content (AvgIpc) is 3.27. The average molecular weight is 398 g/mol. The lowest BCUT2D eigenvalue weighted by Crippen LogP contribution is -2.23. The minimum Gasteiger partial charge on any atom is -0.469 e. The Bertz CT molecular complexity index is 991. The summed E-state index contributed by atoms with van der Waals surface area (Å²) in [6.45, 7) is 7.89. The predicted octanol–water partition coefficient (Wildman–Crippen LogP) is 4.19. The molecule has 1 amide bonds. The molecule has 0 aliphatic rings. The molecule has 1 N–H and O–H groups in total. The summed E-state index contributed by atoms with van der Waals surface area (Å²) in [4.78, 5) is 23.9. The van der Waals surface area contributed by atoms with Crippen LogP contribution in [0.5, 0.6) is 0 Å². The summed E-state index contributed by atoms with van der Waals surface area (Å²) in [5.41, 5.74) is 2.15. The van der Waals surface area contributed by atoms with Crippen molar-refractivity contribution in [1.82, 2.24) is 14.8 Å². The third-order valence-electron chi connectivity index (χ3n) is 4.34. The highest BCUT2D eigenvalue weighted by Gasteiger charge is 2.21. The Hall–Kier alpha value is -2.87. The van der Waals surface area contributed by atoms with Crippen molar-refractivity contribution in [1.29, 1.82) is 0 Å². The molecule has 0 saturated heterocycles. The number of benzene rings is 1. The zero-order valence-corrected chi connectivity index (χ0v) is 17.0. The molecular formula is C20H22N4O3S.